The van der Waals surface area contributed by atoms with Gasteiger partial charge in [-0.25, -0.2) is 4.98 Å². The summed E-state index contributed by atoms with van der Waals surface area (Å²) in [5, 5.41) is 7.04. The highest BCUT2D eigenvalue weighted by molar-refractivity contribution is 14.0. The summed E-state index contributed by atoms with van der Waals surface area (Å²) < 4.78 is 45.7. The minimum absolute atomic E-state index is 0. The fraction of sp³-hybridized carbons (Fsp3) is 0.438. The Balaban J connectivity index is 0.00000364. The van der Waals surface area contributed by atoms with Gasteiger partial charge < -0.3 is 15.0 Å². The van der Waals surface area contributed by atoms with Crippen molar-refractivity contribution in [3.05, 3.63) is 42.0 Å². The van der Waals surface area contributed by atoms with E-state index in [1.807, 2.05) is 11.9 Å². The van der Waals surface area contributed by atoms with Crippen molar-refractivity contribution in [1.82, 2.24) is 25.0 Å². The molecule has 0 saturated carbocycles. The van der Waals surface area contributed by atoms with Gasteiger partial charge in [0.25, 0.3) is 0 Å². The lowest BCUT2D eigenvalue weighted by Gasteiger charge is -2.21. The predicted octanol–water partition coefficient (Wildman–Crippen LogP) is 2.54. The SMILES string of the molecule is CN=C(NCCOc1ccccc1C(F)(F)F)N(C)Cc1ncnn1C.I. The summed E-state index contributed by atoms with van der Waals surface area (Å²) in [4.78, 5) is 10.1. The molecule has 0 spiro atoms. The van der Waals surface area contributed by atoms with Gasteiger partial charge in [0.05, 0.1) is 18.7 Å². The Hall–Kier alpha value is -2.05. The molecule has 0 bridgehead atoms. The molecule has 1 N–H and O–H groups in total. The number of benzene rings is 1. The van der Waals surface area contributed by atoms with Crippen LogP contribution in [0.5, 0.6) is 5.75 Å². The molecule has 1 heterocycles. The minimum Gasteiger partial charge on any atom is -0.491 e. The molecule has 0 amide bonds. The van der Waals surface area contributed by atoms with Crippen molar-refractivity contribution in [2.45, 2.75) is 12.7 Å². The first kappa shape index (κ1) is 23.0. The van der Waals surface area contributed by atoms with Gasteiger partial charge >= 0.3 is 6.18 Å². The maximum absolute atomic E-state index is 12.9. The molecule has 2 aromatic rings. The van der Waals surface area contributed by atoms with Crippen LogP contribution >= 0.6 is 24.0 Å². The molecule has 0 aliphatic rings. The van der Waals surface area contributed by atoms with E-state index in [1.165, 1.54) is 24.5 Å². The van der Waals surface area contributed by atoms with Crippen LogP contribution in [0.4, 0.5) is 13.2 Å². The average molecular weight is 498 g/mol. The smallest absolute Gasteiger partial charge is 0.419 e. The van der Waals surface area contributed by atoms with E-state index in [0.29, 0.717) is 19.0 Å². The molecule has 0 aliphatic heterocycles. The van der Waals surface area contributed by atoms with Crippen LogP contribution in [0.2, 0.25) is 0 Å². The number of aryl methyl sites for hydroxylation is 1. The highest BCUT2D eigenvalue weighted by Gasteiger charge is 2.33. The molecule has 0 aliphatic carbocycles. The van der Waals surface area contributed by atoms with Crippen molar-refractivity contribution < 1.29 is 17.9 Å². The summed E-state index contributed by atoms with van der Waals surface area (Å²) in [5.41, 5.74) is -0.788. The van der Waals surface area contributed by atoms with Crippen molar-refractivity contribution in [1.29, 1.82) is 0 Å². The summed E-state index contributed by atoms with van der Waals surface area (Å²) in [5.74, 6) is 1.13. The molecule has 0 unspecified atom stereocenters. The minimum atomic E-state index is -4.45. The monoisotopic (exact) mass is 498 g/mol. The Labute approximate surface area is 172 Å². The summed E-state index contributed by atoms with van der Waals surface area (Å²) in [7, 11) is 5.23. The molecule has 11 heteroatoms. The number of halogens is 4. The van der Waals surface area contributed by atoms with E-state index in [-0.39, 0.29) is 36.3 Å². The van der Waals surface area contributed by atoms with E-state index >= 15 is 0 Å². The summed E-state index contributed by atoms with van der Waals surface area (Å²) >= 11 is 0. The highest BCUT2D eigenvalue weighted by atomic mass is 127. The van der Waals surface area contributed by atoms with Gasteiger partial charge in [-0.15, -0.1) is 24.0 Å². The van der Waals surface area contributed by atoms with Gasteiger partial charge in [-0.05, 0) is 12.1 Å². The fourth-order valence-electron chi connectivity index (χ4n) is 2.29. The van der Waals surface area contributed by atoms with Gasteiger partial charge in [0, 0.05) is 21.1 Å². The molecule has 1 aromatic carbocycles. The normalized spacial score (nSPS) is 11.7. The van der Waals surface area contributed by atoms with Gasteiger partial charge in [-0.3, -0.25) is 9.67 Å². The van der Waals surface area contributed by atoms with Gasteiger partial charge in [0.1, 0.15) is 24.5 Å². The van der Waals surface area contributed by atoms with Gasteiger partial charge in [0.2, 0.25) is 0 Å². The van der Waals surface area contributed by atoms with Crippen molar-refractivity contribution in [2.24, 2.45) is 12.0 Å². The van der Waals surface area contributed by atoms with Gasteiger partial charge in [0.15, 0.2) is 5.96 Å². The fourth-order valence-corrected chi connectivity index (χ4v) is 2.29. The number of ether oxygens (including phenoxy) is 1. The second kappa shape index (κ2) is 10.3. The largest absolute Gasteiger partial charge is 0.491 e. The van der Waals surface area contributed by atoms with E-state index in [1.54, 1.807) is 18.8 Å². The number of para-hydroxylation sites is 1. The van der Waals surface area contributed by atoms with Gasteiger partial charge in [-0.1, -0.05) is 12.1 Å². The van der Waals surface area contributed by atoms with Crippen LogP contribution in [-0.4, -0.2) is 52.9 Å². The number of nitrogens with one attached hydrogen (secondary N) is 1. The highest BCUT2D eigenvalue weighted by Crippen LogP contribution is 2.35. The number of hydrogen-bond acceptors (Lipinski definition) is 4. The number of aliphatic imine (C=N–C) groups is 1. The maximum Gasteiger partial charge on any atom is 0.419 e. The van der Waals surface area contributed by atoms with Crippen molar-refractivity contribution >= 4 is 29.9 Å². The number of guanidine groups is 1. The predicted molar refractivity (Wildman–Crippen MR) is 106 cm³/mol. The maximum atomic E-state index is 12.9. The Kier molecular flexibility index (Phi) is 8.79. The third kappa shape index (κ3) is 6.56. The van der Waals surface area contributed by atoms with Gasteiger partial charge in [-0.2, -0.15) is 18.3 Å². The number of rotatable bonds is 6. The van der Waals surface area contributed by atoms with E-state index in [2.05, 4.69) is 20.4 Å². The third-order valence-corrected chi connectivity index (χ3v) is 3.59. The summed E-state index contributed by atoms with van der Waals surface area (Å²) in [6, 6.07) is 5.14. The van der Waals surface area contributed by atoms with Crippen LogP contribution in [-0.2, 0) is 19.8 Å². The Morgan fingerprint density at radius 1 is 1.33 bits per heavy atom. The van der Waals surface area contributed by atoms with E-state index in [9.17, 15) is 13.2 Å². The second-order valence-corrected chi connectivity index (χ2v) is 5.47. The molecular formula is C16H22F3IN6O. The molecule has 7 nitrogen and oxygen atoms in total. The van der Waals surface area contributed by atoms with E-state index < -0.39 is 11.7 Å². The van der Waals surface area contributed by atoms with Crippen LogP contribution in [0.15, 0.2) is 35.6 Å². The van der Waals surface area contributed by atoms with Crippen LogP contribution in [0.1, 0.15) is 11.4 Å². The molecule has 2 rings (SSSR count). The standard InChI is InChI=1S/C16H21F3N6O.HI/c1-20-15(24(2)10-14-22-11-23-25(14)3)21-8-9-26-13-7-5-4-6-12(13)16(17,18)19;/h4-7,11H,8-10H2,1-3H3,(H,20,21);1H. The first-order valence-corrected chi connectivity index (χ1v) is 7.86. The summed E-state index contributed by atoms with van der Waals surface area (Å²) in [6.45, 7) is 0.833. The molecular weight excluding hydrogens is 476 g/mol. The summed E-state index contributed by atoms with van der Waals surface area (Å²) in [6.07, 6.45) is -2.98. The molecule has 1 aromatic heterocycles. The van der Waals surface area contributed by atoms with Crippen LogP contribution in [0.3, 0.4) is 0 Å². The number of aromatic nitrogens is 3. The molecule has 0 saturated heterocycles. The molecule has 150 valence electrons. The molecule has 27 heavy (non-hydrogen) atoms. The second-order valence-electron chi connectivity index (χ2n) is 5.47. The number of nitrogens with zero attached hydrogens (tertiary/aromatic N) is 5. The average Bonchev–Trinajstić information content (AvgIpc) is 2.99. The number of hydrogen-bond donors (Lipinski definition) is 1. The molecule has 0 atom stereocenters. The van der Waals surface area contributed by atoms with E-state index in [0.717, 1.165) is 11.9 Å². The van der Waals surface area contributed by atoms with Crippen LogP contribution < -0.4 is 10.1 Å². The third-order valence-electron chi connectivity index (χ3n) is 3.59. The van der Waals surface area contributed by atoms with Crippen LogP contribution in [0, 0.1) is 0 Å². The van der Waals surface area contributed by atoms with Crippen molar-refractivity contribution in [2.75, 3.05) is 27.2 Å². The van der Waals surface area contributed by atoms with Crippen LogP contribution in [0.25, 0.3) is 0 Å². The Bertz CT molecular complexity index is 750. The van der Waals surface area contributed by atoms with Crippen molar-refractivity contribution in [3.8, 4) is 5.75 Å². The quantitative estimate of drug-likeness (QED) is 0.287. The zero-order chi connectivity index (χ0) is 19.2. The topological polar surface area (TPSA) is 67.6 Å². The zero-order valence-corrected chi connectivity index (χ0v) is 17.5. The lowest BCUT2D eigenvalue weighted by atomic mass is 10.2. The Morgan fingerprint density at radius 2 is 2.04 bits per heavy atom. The Morgan fingerprint density at radius 3 is 2.63 bits per heavy atom. The van der Waals surface area contributed by atoms with E-state index in [4.69, 9.17) is 4.74 Å². The van der Waals surface area contributed by atoms with Crippen molar-refractivity contribution in [3.63, 3.8) is 0 Å². The zero-order valence-electron chi connectivity index (χ0n) is 15.2. The first-order chi connectivity index (χ1) is 12.3. The number of alkyl halides is 3. The lowest BCUT2D eigenvalue weighted by Crippen LogP contribution is -2.40. The lowest BCUT2D eigenvalue weighted by molar-refractivity contribution is -0.138. The molecule has 0 fully saturated rings. The first-order valence-electron chi connectivity index (χ1n) is 7.86. The molecule has 0 radical (unpaired) electrons.